The molecular formula is C11H18N4O3. The van der Waals surface area contributed by atoms with Crippen LogP contribution >= 0.6 is 0 Å². The predicted octanol–water partition coefficient (Wildman–Crippen LogP) is -0.593. The molecule has 1 atom stereocenters. The Hall–Kier alpha value is -1.89. The molecule has 1 rings (SSSR count). The molecule has 1 aromatic heterocycles. The van der Waals surface area contributed by atoms with Gasteiger partial charge in [-0.3, -0.25) is 9.59 Å². The minimum Gasteiger partial charge on any atom is -0.492 e. The molecule has 0 aromatic carbocycles. The van der Waals surface area contributed by atoms with Crippen LogP contribution in [0.5, 0.6) is 5.75 Å². The second kappa shape index (κ2) is 6.75. The Morgan fingerprint density at radius 1 is 1.61 bits per heavy atom. The smallest absolute Gasteiger partial charge is 0.271 e. The van der Waals surface area contributed by atoms with E-state index in [1.807, 2.05) is 0 Å². The molecule has 0 saturated heterocycles. The van der Waals surface area contributed by atoms with E-state index in [1.165, 1.54) is 12.3 Å². The van der Waals surface area contributed by atoms with Gasteiger partial charge < -0.3 is 16.2 Å². The Kier molecular flexibility index (Phi) is 5.31. The van der Waals surface area contributed by atoms with E-state index in [9.17, 15) is 9.59 Å². The van der Waals surface area contributed by atoms with Crippen LogP contribution in [0.1, 0.15) is 25.8 Å². The lowest BCUT2D eigenvalue weighted by molar-refractivity contribution is -0.121. The average Bonchev–Trinajstić information content (AvgIpc) is 2.32. The van der Waals surface area contributed by atoms with Crippen molar-refractivity contribution < 1.29 is 9.53 Å². The number of carbonyl (C=O) groups is 1. The fourth-order valence-electron chi connectivity index (χ4n) is 1.48. The summed E-state index contributed by atoms with van der Waals surface area (Å²) in [5.41, 5.74) is 10.1. The second-order valence-corrected chi connectivity index (χ2v) is 3.79. The van der Waals surface area contributed by atoms with Crippen molar-refractivity contribution >= 4 is 5.91 Å². The van der Waals surface area contributed by atoms with E-state index in [0.717, 1.165) is 4.68 Å². The van der Waals surface area contributed by atoms with Crippen molar-refractivity contribution in [2.45, 2.75) is 25.8 Å². The van der Waals surface area contributed by atoms with Gasteiger partial charge in [-0.05, 0) is 19.4 Å². The van der Waals surface area contributed by atoms with Crippen molar-refractivity contribution in [1.82, 2.24) is 9.78 Å². The van der Waals surface area contributed by atoms with E-state index in [4.69, 9.17) is 16.2 Å². The quantitative estimate of drug-likeness (QED) is 0.631. The Balaban J connectivity index is 2.85. The van der Waals surface area contributed by atoms with Gasteiger partial charge in [0.05, 0.1) is 12.8 Å². The van der Waals surface area contributed by atoms with Crippen LogP contribution in [0.2, 0.25) is 0 Å². The zero-order chi connectivity index (χ0) is 13.5. The summed E-state index contributed by atoms with van der Waals surface area (Å²) in [4.78, 5) is 22.9. The van der Waals surface area contributed by atoms with Crippen LogP contribution in [0.4, 0.5) is 0 Å². The van der Waals surface area contributed by atoms with Gasteiger partial charge in [-0.15, -0.1) is 0 Å². The number of primary amides is 1. The van der Waals surface area contributed by atoms with Crippen molar-refractivity contribution in [3.63, 3.8) is 0 Å². The highest BCUT2D eigenvalue weighted by atomic mass is 16.5. The summed E-state index contributed by atoms with van der Waals surface area (Å²) in [6, 6.07) is 0.561. The highest BCUT2D eigenvalue weighted by Gasteiger charge is 2.17. The molecule has 0 radical (unpaired) electrons. The summed E-state index contributed by atoms with van der Waals surface area (Å²) in [6.45, 7) is 2.70. The third kappa shape index (κ3) is 3.56. The van der Waals surface area contributed by atoms with Gasteiger partial charge in [0.1, 0.15) is 11.8 Å². The molecule has 1 aromatic rings. The largest absolute Gasteiger partial charge is 0.492 e. The SMILES string of the molecule is CCC(C(N)=O)n1ncc(OCCCN)cc1=O. The van der Waals surface area contributed by atoms with Gasteiger partial charge in [0, 0.05) is 6.07 Å². The highest BCUT2D eigenvalue weighted by Crippen LogP contribution is 2.09. The third-order valence-electron chi connectivity index (χ3n) is 2.43. The normalized spacial score (nSPS) is 12.1. The van der Waals surface area contributed by atoms with Crippen molar-refractivity contribution in [3.05, 3.63) is 22.6 Å². The van der Waals surface area contributed by atoms with Gasteiger partial charge in [0.15, 0.2) is 0 Å². The molecule has 4 N–H and O–H groups in total. The summed E-state index contributed by atoms with van der Waals surface area (Å²) in [5.74, 6) is -0.215. The monoisotopic (exact) mass is 254 g/mol. The van der Waals surface area contributed by atoms with E-state index >= 15 is 0 Å². The van der Waals surface area contributed by atoms with E-state index in [2.05, 4.69) is 5.10 Å². The first-order valence-electron chi connectivity index (χ1n) is 5.81. The minimum absolute atomic E-state index is 0.365. The first-order chi connectivity index (χ1) is 8.60. The molecule has 7 heteroatoms. The number of amides is 1. The fraction of sp³-hybridized carbons (Fsp3) is 0.545. The van der Waals surface area contributed by atoms with E-state index in [0.29, 0.717) is 31.7 Å². The Labute approximate surface area is 105 Å². The predicted molar refractivity (Wildman–Crippen MR) is 66.2 cm³/mol. The third-order valence-corrected chi connectivity index (χ3v) is 2.43. The van der Waals surface area contributed by atoms with Crippen molar-refractivity contribution in [1.29, 1.82) is 0 Å². The first-order valence-corrected chi connectivity index (χ1v) is 5.81. The highest BCUT2D eigenvalue weighted by molar-refractivity contribution is 5.78. The molecule has 100 valence electrons. The number of hydrogen-bond acceptors (Lipinski definition) is 5. The van der Waals surface area contributed by atoms with Crippen LogP contribution in [0, 0.1) is 0 Å². The number of ether oxygens (including phenoxy) is 1. The van der Waals surface area contributed by atoms with Crippen LogP contribution in [0.25, 0.3) is 0 Å². The Morgan fingerprint density at radius 3 is 2.83 bits per heavy atom. The summed E-state index contributed by atoms with van der Waals surface area (Å²) in [5, 5.41) is 3.90. The van der Waals surface area contributed by atoms with Gasteiger partial charge in [0.25, 0.3) is 5.56 Å². The number of aromatic nitrogens is 2. The summed E-state index contributed by atoms with van der Waals surface area (Å²) in [7, 11) is 0. The van der Waals surface area contributed by atoms with Crippen LogP contribution in [-0.2, 0) is 4.79 Å². The zero-order valence-electron chi connectivity index (χ0n) is 10.3. The summed E-state index contributed by atoms with van der Waals surface area (Å²) in [6.07, 6.45) is 2.50. The molecule has 0 saturated carbocycles. The maximum atomic E-state index is 11.8. The number of hydrogen-bond donors (Lipinski definition) is 2. The second-order valence-electron chi connectivity index (χ2n) is 3.79. The Morgan fingerprint density at radius 2 is 2.33 bits per heavy atom. The molecule has 0 spiro atoms. The van der Waals surface area contributed by atoms with Crippen molar-refractivity contribution in [2.75, 3.05) is 13.2 Å². The summed E-state index contributed by atoms with van der Waals surface area (Å²) < 4.78 is 6.35. The van der Waals surface area contributed by atoms with Gasteiger partial charge >= 0.3 is 0 Å². The molecule has 0 bridgehead atoms. The standard InChI is InChI=1S/C11H18N4O3/c1-2-9(11(13)17)15-10(16)6-8(7-14-15)18-5-3-4-12/h6-7,9H,2-5,12H2,1H3,(H2,13,17). The van der Waals surface area contributed by atoms with Crippen molar-refractivity contribution in [3.8, 4) is 5.75 Å². The van der Waals surface area contributed by atoms with Crippen LogP contribution < -0.4 is 21.8 Å². The van der Waals surface area contributed by atoms with E-state index in [-0.39, 0.29) is 0 Å². The lowest BCUT2D eigenvalue weighted by Crippen LogP contribution is -2.34. The molecule has 0 aliphatic carbocycles. The minimum atomic E-state index is -0.726. The molecule has 0 aliphatic rings. The molecule has 0 fully saturated rings. The average molecular weight is 254 g/mol. The van der Waals surface area contributed by atoms with Gasteiger partial charge in [0.2, 0.25) is 5.91 Å². The first kappa shape index (κ1) is 14.2. The lowest BCUT2D eigenvalue weighted by Gasteiger charge is -2.13. The van der Waals surface area contributed by atoms with Crippen molar-refractivity contribution in [2.24, 2.45) is 11.5 Å². The molecule has 7 nitrogen and oxygen atoms in total. The van der Waals surface area contributed by atoms with E-state index in [1.54, 1.807) is 6.92 Å². The van der Waals surface area contributed by atoms with Gasteiger partial charge in [-0.2, -0.15) is 5.10 Å². The molecule has 1 amide bonds. The number of nitrogens with zero attached hydrogens (tertiary/aromatic N) is 2. The zero-order valence-corrected chi connectivity index (χ0v) is 10.3. The maximum Gasteiger partial charge on any atom is 0.271 e. The molecular weight excluding hydrogens is 236 g/mol. The molecule has 1 unspecified atom stereocenters. The molecule has 0 aliphatic heterocycles. The topological polar surface area (TPSA) is 113 Å². The summed E-state index contributed by atoms with van der Waals surface area (Å²) >= 11 is 0. The molecule has 18 heavy (non-hydrogen) atoms. The number of nitrogens with two attached hydrogens (primary N) is 2. The lowest BCUT2D eigenvalue weighted by atomic mass is 10.2. The van der Waals surface area contributed by atoms with Crippen LogP contribution in [-0.4, -0.2) is 28.8 Å². The van der Waals surface area contributed by atoms with Crippen LogP contribution in [0.3, 0.4) is 0 Å². The van der Waals surface area contributed by atoms with Gasteiger partial charge in [-0.1, -0.05) is 6.92 Å². The fourth-order valence-corrected chi connectivity index (χ4v) is 1.48. The molecule has 1 heterocycles. The van der Waals surface area contributed by atoms with Crippen LogP contribution in [0.15, 0.2) is 17.1 Å². The van der Waals surface area contributed by atoms with Gasteiger partial charge in [-0.25, -0.2) is 4.68 Å². The number of carbonyl (C=O) groups excluding carboxylic acids is 1. The maximum absolute atomic E-state index is 11.8. The van der Waals surface area contributed by atoms with E-state index < -0.39 is 17.5 Å². The Bertz CT molecular complexity index is 458. The number of rotatable bonds is 7.